The van der Waals surface area contributed by atoms with E-state index in [4.69, 9.17) is 9.47 Å². The zero-order valence-corrected chi connectivity index (χ0v) is 12.8. The van der Waals surface area contributed by atoms with Crippen LogP contribution in [0.15, 0.2) is 0 Å². The SMILES string of the molecule is O=C(N1CCC(OC2CCCCC2)CC1)C1(O)CCOC1. The highest BCUT2D eigenvalue weighted by atomic mass is 16.5. The molecule has 1 amide bonds. The molecule has 3 rings (SSSR count). The standard InChI is InChI=1S/C16H27NO4/c18-15(16(19)8-11-20-12-16)17-9-6-14(7-10-17)21-13-4-2-1-3-5-13/h13-14,19H,1-12H2. The van der Waals surface area contributed by atoms with Gasteiger partial charge >= 0.3 is 0 Å². The van der Waals surface area contributed by atoms with Gasteiger partial charge in [-0.3, -0.25) is 4.79 Å². The lowest BCUT2D eigenvalue weighted by molar-refractivity contribution is -0.154. The van der Waals surface area contributed by atoms with Crippen LogP contribution < -0.4 is 0 Å². The average molecular weight is 297 g/mol. The predicted octanol–water partition coefficient (Wildman–Crippen LogP) is 1.48. The Morgan fingerprint density at radius 3 is 2.38 bits per heavy atom. The van der Waals surface area contributed by atoms with Crippen LogP contribution in [-0.2, 0) is 14.3 Å². The van der Waals surface area contributed by atoms with E-state index < -0.39 is 5.60 Å². The summed E-state index contributed by atoms with van der Waals surface area (Å²) in [7, 11) is 0. The van der Waals surface area contributed by atoms with E-state index in [1.807, 2.05) is 0 Å². The highest BCUT2D eigenvalue weighted by Gasteiger charge is 2.43. The third-order valence-electron chi connectivity index (χ3n) is 5.07. The zero-order chi connectivity index (χ0) is 14.7. The number of aliphatic hydroxyl groups is 1. The van der Waals surface area contributed by atoms with Gasteiger partial charge in [0.1, 0.15) is 0 Å². The van der Waals surface area contributed by atoms with Crippen molar-refractivity contribution in [1.29, 1.82) is 0 Å². The lowest BCUT2D eigenvalue weighted by Crippen LogP contribution is -2.52. The van der Waals surface area contributed by atoms with Gasteiger partial charge in [0.2, 0.25) is 0 Å². The largest absolute Gasteiger partial charge is 0.378 e. The van der Waals surface area contributed by atoms with Crippen molar-refractivity contribution in [3.8, 4) is 0 Å². The van der Waals surface area contributed by atoms with Crippen molar-refractivity contribution in [3.63, 3.8) is 0 Å². The van der Waals surface area contributed by atoms with Crippen LogP contribution in [0.25, 0.3) is 0 Å². The van der Waals surface area contributed by atoms with Gasteiger partial charge in [0.25, 0.3) is 5.91 Å². The highest BCUT2D eigenvalue weighted by molar-refractivity contribution is 5.85. The zero-order valence-electron chi connectivity index (χ0n) is 12.8. The average Bonchev–Trinajstić information content (AvgIpc) is 2.96. The molecular formula is C16H27NO4. The van der Waals surface area contributed by atoms with Crippen LogP contribution in [-0.4, -0.2) is 60.0 Å². The number of carbonyl (C=O) groups excluding carboxylic acids is 1. The van der Waals surface area contributed by atoms with E-state index in [1.165, 1.54) is 32.1 Å². The van der Waals surface area contributed by atoms with Crippen molar-refractivity contribution >= 4 is 5.91 Å². The first kappa shape index (κ1) is 15.3. The van der Waals surface area contributed by atoms with Crippen molar-refractivity contribution in [2.75, 3.05) is 26.3 Å². The Morgan fingerprint density at radius 1 is 1.10 bits per heavy atom. The second-order valence-corrected chi connectivity index (χ2v) is 6.72. The molecule has 0 radical (unpaired) electrons. The fourth-order valence-corrected chi connectivity index (χ4v) is 3.69. The Morgan fingerprint density at radius 2 is 1.76 bits per heavy atom. The third kappa shape index (κ3) is 3.58. The van der Waals surface area contributed by atoms with E-state index in [0.29, 0.717) is 32.2 Å². The van der Waals surface area contributed by atoms with Gasteiger partial charge in [0.05, 0.1) is 25.4 Å². The second-order valence-electron chi connectivity index (χ2n) is 6.72. The molecule has 0 bridgehead atoms. The molecule has 2 saturated heterocycles. The van der Waals surface area contributed by atoms with Gasteiger partial charge in [-0.2, -0.15) is 0 Å². The Bertz CT molecular complexity index is 353. The molecule has 2 heterocycles. The number of piperidine rings is 1. The van der Waals surface area contributed by atoms with Gasteiger partial charge in [-0.25, -0.2) is 0 Å². The number of likely N-dealkylation sites (tertiary alicyclic amines) is 1. The Kier molecular flexibility index (Phi) is 4.82. The molecule has 5 nitrogen and oxygen atoms in total. The van der Waals surface area contributed by atoms with Gasteiger partial charge in [-0.05, 0) is 25.7 Å². The molecule has 3 aliphatic rings. The van der Waals surface area contributed by atoms with Crippen LogP contribution in [0.4, 0.5) is 0 Å². The van der Waals surface area contributed by atoms with Crippen molar-refractivity contribution in [2.45, 2.75) is 69.2 Å². The number of hydrogen-bond acceptors (Lipinski definition) is 4. The maximum atomic E-state index is 12.4. The van der Waals surface area contributed by atoms with Crippen molar-refractivity contribution in [1.82, 2.24) is 4.90 Å². The van der Waals surface area contributed by atoms with Crippen molar-refractivity contribution < 1.29 is 19.4 Å². The second kappa shape index (κ2) is 6.63. The minimum Gasteiger partial charge on any atom is -0.378 e. The minimum absolute atomic E-state index is 0.143. The Hall–Kier alpha value is -0.650. The molecule has 21 heavy (non-hydrogen) atoms. The summed E-state index contributed by atoms with van der Waals surface area (Å²) in [5, 5.41) is 10.3. The van der Waals surface area contributed by atoms with Crippen LogP contribution in [0.1, 0.15) is 51.4 Å². The van der Waals surface area contributed by atoms with Crippen LogP contribution in [0, 0.1) is 0 Å². The molecule has 1 saturated carbocycles. The molecule has 1 atom stereocenters. The molecule has 3 fully saturated rings. The lowest BCUT2D eigenvalue weighted by Gasteiger charge is -2.37. The number of carbonyl (C=O) groups is 1. The molecule has 0 aromatic heterocycles. The fraction of sp³-hybridized carbons (Fsp3) is 0.938. The van der Waals surface area contributed by atoms with E-state index in [-0.39, 0.29) is 18.6 Å². The highest BCUT2D eigenvalue weighted by Crippen LogP contribution is 2.27. The lowest BCUT2D eigenvalue weighted by atomic mass is 9.96. The number of ether oxygens (including phenoxy) is 2. The van der Waals surface area contributed by atoms with Crippen molar-refractivity contribution in [3.05, 3.63) is 0 Å². The van der Waals surface area contributed by atoms with E-state index in [0.717, 1.165) is 12.8 Å². The fourth-order valence-electron chi connectivity index (χ4n) is 3.69. The molecule has 0 spiro atoms. The summed E-state index contributed by atoms with van der Waals surface area (Å²) in [5.74, 6) is -0.156. The minimum atomic E-state index is -1.28. The molecule has 0 aromatic carbocycles. The van der Waals surface area contributed by atoms with Crippen LogP contribution in [0.2, 0.25) is 0 Å². The molecule has 5 heteroatoms. The predicted molar refractivity (Wildman–Crippen MR) is 77.9 cm³/mol. The third-order valence-corrected chi connectivity index (χ3v) is 5.07. The monoisotopic (exact) mass is 297 g/mol. The van der Waals surface area contributed by atoms with Gasteiger partial charge in [0.15, 0.2) is 5.60 Å². The topological polar surface area (TPSA) is 59.0 Å². The molecule has 2 aliphatic heterocycles. The van der Waals surface area contributed by atoms with E-state index in [9.17, 15) is 9.90 Å². The Balaban J connectivity index is 1.45. The van der Waals surface area contributed by atoms with Gasteiger partial charge in [-0.1, -0.05) is 19.3 Å². The summed E-state index contributed by atoms with van der Waals surface area (Å²) in [4.78, 5) is 14.2. The summed E-state index contributed by atoms with van der Waals surface area (Å²) in [6, 6.07) is 0. The Labute approximate surface area is 126 Å². The number of amides is 1. The number of rotatable bonds is 3. The number of hydrogen-bond donors (Lipinski definition) is 1. The van der Waals surface area contributed by atoms with E-state index in [1.54, 1.807) is 4.90 Å². The van der Waals surface area contributed by atoms with Gasteiger partial charge in [-0.15, -0.1) is 0 Å². The first-order valence-electron chi connectivity index (χ1n) is 8.42. The molecule has 120 valence electrons. The summed E-state index contributed by atoms with van der Waals surface area (Å²) in [6.07, 6.45) is 9.21. The summed E-state index contributed by atoms with van der Waals surface area (Å²) in [6.45, 7) is 2.00. The quantitative estimate of drug-likeness (QED) is 0.857. The van der Waals surface area contributed by atoms with Crippen LogP contribution >= 0.6 is 0 Å². The summed E-state index contributed by atoms with van der Waals surface area (Å²) < 4.78 is 11.4. The maximum absolute atomic E-state index is 12.4. The van der Waals surface area contributed by atoms with Crippen molar-refractivity contribution in [2.24, 2.45) is 0 Å². The smallest absolute Gasteiger partial charge is 0.257 e. The molecule has 1 aliphatic carbocycles. The van der Waals surface area contributed by atoms with E-state index >= 15 is 0 Å². The molecular weight excluding hydrogens is 270 g/mol. The molecule has 0 aromatic rings. The summed E-state index contributed by atoms with van der Waals surface area (Å²) in [5.41, 5.74) is -1.28. The van der Waals surface area contributed by atoms with Crippen LogP contribution in [0.3, 0.4) is 0 Å². The first-order chi connectivity index (χ1) is 10.2. The number of nitrogens with zero attached hydrogens (tertiary/aromatic N) is 1. The summed E-state index contributed by atoms with van der Waals surface area (Å²) >= 11 is 0. The molecule has 1 unspecified atom stereocenters. The molecule has 1 N–H and O–H groups in total. The normalized spacial score (nSPS) is 32.5. The first-order valence-corrected chi connectivity index (χ1v) is 8.42. The van der Waals surface area contributed by atoms with Crippen LogP contribution in [0.5, 0.6) is 0 Å². The van der Waals surface area contributed by atoms with Gasteiger partial charge in [0, 0.05) is 19.5 Å². The maximum Gasteiger partial charge on any atom is 0.257 e. The van der Waals surface area contributed by atoms with E-state index in [2.05, 4.69) is 0 Å². The van der Waals surface area contributed by atoms with Gasteiger partial charge < -0.3 is 19.5 Å².